The van der Waals surface area contributed by atoms with Crippen LogP contribution in [-0.4, -0.2) is 23.2 Å². The molecule has 27 heavy (non-hydrogen) atoms. The highest BCUT2D eigenvalue weighted by Crippen LogP contribution is 2.32. The summed E-state index contributed by atoms with van der Waals surface area (Å²) in [6, 6.07) is 8.02. The number of amides is 1. The van der Waals surface area contributed by atoms with E-state index in [2.05, 4.69) is 10.9 Å². The van der Waals surface area contributed by atoms with Gasteiger partial charge in [0, 0.05) is 11.8 Å². The Balaban J connectivity index is 2.30. The van der Waals surface area contributed by atoms with Crippen LogP contribution in [0.3, 0.4) is 0 Å². The maximum atomic E-state index is 12.9. The summed E-state index contributed by atoms with van der Waals surface area (Å²) in [6.45, 7) is 5.13. The highest BCUT2D eigenvalue weighted by Gasteiger charge is 2.30. The average Bonchev–Trinajstić information content (AvgIpc) is 2.58. The first-order valence-corrected chi connectivity index (χ1v) is 8.09. The highest BCUT2D eigenvalue weighted by atomic mass is 19.4. The summed E-state index contributed by atoms with van der Waals surface area (Å²) in [5.74, 6) is 2.61. The van der Waals surface area contributed by atoms with Crippen molar-refractivity contribution in [1.29, 1.82) is 0 Å². The maximum Gasteiger partial charge on any atom is 0.416 e. The molecule has 2 rings (SSSR count). The van der Waals surface area contributed by atoms with Crippen LogP contribution in [0.2, 0.25) is 0 Å². The predicted octanol–water partition coefficient (Wildman–Crippen LogP) is 5.14. The van der Waals surface area contributed by atoms with Crippen LogP contribution in [0.15, 0.2) is 42.6 Å². The van der Waals surface area contributed by atoms with Crippen molar-refractivity contribution >= 4 is 11.9 Å². The van der Waals surface area contributed by atoms with Crippen LogP contribution >= 0.6 is 0 Å². The molecule has 0 aliphatic carbocycles. The number of terminal acetylenes is 1. The largest absolute Gasteiger partial charge is 0.443 e. The fourth-order valence-electron chi connectivity index (χ4n) is 2.24. The van der Waals surface area contributed by atoms with Gasteiger partial charge in [-0.3, -0.25) is 0 Å². The van der Waals surface area contributed by atoms with Crippen LogP contribution < -0.4 is 4.90 Å². The predicted molar refractivity (Wildman–Crippen MR) is 97.1 cm³/mol. The van der Waals surface area contributed by atoms with Crippen molar-refractivity contribution in [1.82, 2.24) is 4.98 Å². The van der Waals surface area contributed by atoms with Gasteiger partial charge in [0.25, 0.3) is 0 Å². The molecule has 0 N–H and O–H groups in total. The van der Waals surface area contributed by atoms with Crippen LogP contribution in [0.25, 0.3) is 11.1 Å². The molecule has 1 heterocycles. The third-order valence-corrected chi connectivity index (χ3v) is 3.41. The molecule has 2 aromatic rings. The van der Waals surface area contributed by atoms with Crippen LogP contribution in [0.5, 0.6) is 0 Å². The first kappa shape index (κ1) is 20.3. The standard InChI is InChI=1S/C20H19F3N2O2/c1-5-11-25(18(26)27-19(2,3)4)17-10-9-15(13-24-17)14-7-6-8-16(12-14)20(21,22)23/h1,6-10,12-13H,11H2,2-4H3. The lowest BCUT2D eigenvalue weighted by atomic mass is 10.0. The monoisotopic (exact) mass is 376 g/mol. The minimum absolute atomic E-state index is 0.0508. The number of benzene rings is 1. The fraction of sp³-hybridized carbons (Fsp3) is 0.300. The van der Waals surface area contributed by atoms with Crippen LogP contribution in [0, 0.1) is 12.3 Å². The summed E-state index contributed by atoms with van der Waals surface area (Å²) in [6.07, 6.45) is 1.62. The summed E-state index contributed by atoms with van der Waals surface area (Å²) in [7, 11) is 0. The Kier molecular flexibility index (Phi) is 5.79. The number of alkyl halides is 3. The van der Waals surface area contributed by atoms with E-state index < -0.39 is 23.4 Å². The molecule has 0 atom stereocenters. The Morgan fingerprint density at radius 2 is 1.89 bits per heavy atom. The van der Waals surface area contributed by atoms with Crippen LogP contribution in [0.1, 0.15) is 26.3 Å². The van der Waals surface area contributed by atoms with E-state index in [1.54, 1.807) is 32.9 Å². The second kappa shape index (κ2) is 7.70. The maximum absolute atomic E-state index is 12.9. The van der Waals surface area contributed by atoms with Crippen LogP contribution in [-0.2, 0) is 10.9 Å². The molecule has 1 amide bonds. The number of rotatable bonds is 3. The molecule has 7 heteroatoms. The zero-order chi connectivity index (χ0) is 20.2. The number of hydrogen-bond donors (Lipinski definition) is 0. The van der Waals surface area contributed by atoms with Gasteiger partial charge < -0.3 is 4.74 Å². The van der Waals surface area contributed by atoms with Crippen molar-refractivity contribution in [2.75, 3.05) is 11.4 Å². The lowest BCUT2D eigenvalue weighted by Gasteiger charge is -2.25. The van der Waals surface area contributed by atoms with Gasteiger partial charge in [0.05, 0.1) is 12.1 Å². The topological polar surface area (TPSA) is 42.4 Å². The van der Waals surface area contributed by atoms with Crippen molar-refractivity contribution in [3.63, 3.8) is 0 Å². The lowest BCUT2D eigenvalue weighted by Crippen LogP contribution is -2.37. The van der Waals surface area contributed by atoms with E-state index in [9.17, 15) is 18.0 Å². The van der Waals surface area contributed by atoms with Gasteiger partial charge in [-0.25, -0.2) is 14.7 Å². The summed E-state index contributed by atoms with van der Waals surface area (Å²) < 4.78 is 43.9. The van der Waals surface area contributed by atoms with Gasteiger partial charge in [-0.2, -0.15) is 13.2 Å². The van der Waals surface area contributed by atoms with E-state index in [1.165, 1.54) is 23.2 Å². The molecule has 1 aromatic heterocycles. The molecule has 4 nitrogen and oxygen atoms in total. The second-order valence-corrected chi connectivity index (χ2v) is 6.75. The molecule has 142 valence electrons. The molecule has 0 aliphatic rings. The SMILES string of the molecule is C#CCN(C(=O)OC(C)(C)C)c1ccc(-c2cccc(C(F)(F)F)c2)cn1. The molecule has 0 bridgehead atoms. The summed E-state index contributed by atoms with van der Waals surface area (Å²) >= 11 is 0. The Labute approximate surface area is 156 Å². The number of carbonyl (C=O) groups excluding carboxylic acids is 1. The Morgan fingerprint density at radius 1 is 1.19 bits per heavy atom. The minimum atomic E-state index is -4.43. The Morgan fingerprint density at radius 3 is 2.41 bits per heavy atom. The molecule has 0 spiro atoms. The zero-order valence-corrected chi connectivity index (χ0v) is 15.2. The first-order chi connectivity index (χ1) is 12.5. The average molecular weight is 376 g/mol. The van der Waals surface area contributed by atoms with Gasteiger partial charge in [-0.15, -0.1) is 6.42 Å². The molecule has 0 unspecified atom stereocenters. The smallest absolute Gasteiger partial charge is 0.416 e. The van der Waals surface area contributed by atoms with E-state index in [0.717, 1.165) is 12.1 Å². The van der Waals surface area contributed by atoms with Gasteiger partial charge >= 0.3 is 12.3 Å². The number of halogens is 3. The quantitative estimate of drug-likeness (QED) is 0.697. The second-order valence-electron chi connectivity index (χ2n) is 6.75. The molecular formula is C20H19F3N2O2. The summed E-state index contributed by atoms with van der Waals surface area (Å²) in [4.78, 5) is 17.6. The Bertz CT molecular complexity index is 847. The van der Waals surface area contributed by atoms with E-state index in [1.807, 2.05) is 0 Å². The Hall–Kier alpha value is -3.01. The van der Waals surface area contributed by atoms with Gasteiger partial charge in [0.1, 0.15) is 11.4 Å². The number of carbonyl (C=O) groups is 1. The molecule has 0 fully saturated rings. The highest BCUT2D eigenvalue weighted by molar-refractivity contribution is 5.87. The molecular weight excluding hydrogens is 357 g/mol. The van der Waals surface area contributed by atoms with Crippen molar-refractivity contribution in [3.05, 3.63) is 48.2 Å². The van der Waals surface area contributed by atoms with Crippen molar-refractivity contribution in [2.45, 2.75) is 32.5 Å². The normalized spacial score (nSPS) is 11.6. The van der Waals surface area contributed by atoms with Crippen molar-refractivity contribution in [3.8, 4) is 23.5 Å². The minimum Gasteiger partial charge on any atom is -0.443 e. The number of ether oxygens (including phenoxy) is 1. The number of hydrogen-bond acceptors (Lipinski definition) is 3. The van der Waals surface area contributed by atoms with Gasteiger partial charge in [-0.1, -0.05) is 18.1 Å². The fourth-order valence-corrected chi connectivity index (χ4v) is 2.24. The van der Waals surface area contributed by atoms with E-state index in [0.29, 0.717) is 11.1 Å². The third kappa shape index (κ3) is 5.48. The van der Waals surface area contributed by atoms with E-state index >= 15 is 0 Å². The third-order valence-electron chi connectivity index (χ3n) is 3.41. The summed E-state index contributed by atoms with van der Waals surface area (Å²) in [5, 5.41) is 0. The van der Waals surface area contributed by atoms with E-state index in [-0.39, 0.29) is 12.4 Å². The first-order valence-electron chi connectivity index (χ1n) is 8.09. The number of pyridine rings is 1. The molecule has 0 aliphatic heterocycles. The van der Waals surface area contributed by atoms with E-state index in [4.69, 9.17) is 11.2 Å². The lowest BCUT2D eigenvalue weighted by molar-refractivity contribution is -0.137. The number of anilines is 1. The van der Waals surface area contributed by atoms with Crippen molar-refractivity contribution in [2.24, 2.45) is 0 Å². The van der Waals surface area contributed by atoms with Gasteiger partial charge in [-0.05, 0) is 50.6 Å². The van der Waals surface area contributed by atoms with Gasteiger partial charge in [0.15, 0.2) is 0 Å². The molecule has 1 aromatic carbocycles. The molecule has 0 radical (unpaired) electrons. The molecule has 0 saturated carbocycles. The summed E-state index contributed by atoms with van der Waals surface area (Å²) in [5.41, 5.74) is -0.604. The number of nitrogens with zero attached hydrogens (tertiary/aromatic N) is 2. The van der Waals surface area contributed by atoms with Crippen LogP contribution in [0.4, 0.5) is 23.8 Å². The zero-order valence-electron chi connectivity index (χ0n) is 15.2. The van der Waals surface area contributed by atoms with Gasteiger partial charge in [0.2, 0.25) is 0 Å². The number of aromatic nitrogens is 1. The molecule has 0 saturated heterocycles. The van der Waals surface area contributed by atoms with Crippen molar-refractivity contribution < 1.29 is 22.7 Å².